The van der Waals surface area contributed by atoms with Gasteiger partial charge in [-0.15, -0.1) is 0 Å². The number of para-hydroxylation sites is 1. The lowest BCUT2D eigenvalue weighted by Crippen LogP contribution is -2.25. The highest BCUT2D eigenvalue weighted by Crippen LogP contribution is 2.25. The van der Waals surface area contributed by atoms with E-state index in [0.717, 1.165) is 0 Å². The van der Waals surface area contributed by atoms with Crippen molar-refractivity contribution in [2.45, 2.75) is 25.7 Å². The number of nitrogens with zero attached hydrogens (tertiary/aromatic N) is 1. The Morgan fingerprint density at radius 2 is 1.77 bits per heavy atom. The van der Waals surface area contributed by atoms with E-state index in [1.807, 2.05) is 0 Å². The molecule has 0 unspecified atom stereocenters. The van der Waals surface area contributed by atoms with Crippen molar-refractivity contribution in [3.63, 3.8) is 0 Å². The minimum Gasteiger partial charge on any atom is -0.352 e. The minimum atomic E-state index is -0.494. The van der Waals surface area contributed by atoms with Crippen molar-refractivity contribution in [2.75, 3.05) is 6.54 Å². The summed E-state index contributed by atoms with van der Waals surface area (Å²) in [5.41, 5.74) is 2.65. The second-order valence-corrected chi connectivity index (χ2v) is 6.92. The van der Waals surface area contributed by atoms with Gasteiger partial charge in [0.05, 0.1) is 10.5 Å². The summed E-state index contributed by atoms with van der Waals surface area (Å²) in [5, 5.41) is 23.1. The standard InChI is InChI=1S/C21H22ClN3O5/c22-17-11-9-15(10-12-17)18(14-16-6-3-4-7-19(16)25(29)30)21(27)23-13-5-1-2-8-20(26)24-28/h3-4,6-7,9-12,14,28H,1-2,5,8,13H2,(H,23,27)(H,24,26)/b18-14-. The molecule has 0 fully saturated rings. The molecule has 9 heteroatoms. The Morgan fingerprint density at radius 3 is 2.43 bits per heavy atom. The molecule has 2 amide bonds. The number of benzene rings is 2. The molecule has 2 rings (SSSR count). The van der Waals surface area contributed by atoms with Crippen LogP contribution in [0.2, 0.25) is 5.02 Å². The molecule has 158 valence electrons. The molecule has 0 saturated carbocycles. The van der Waals surface area contributed by atoms with Crippen molar-refractivity contribution >= 4 is 40.8 Å². The molecule has 0 aliphatic carbocycles. The Morgan fingerprint density at radius 1 is 1.07 bits per heavy atom. The average molecular weight is 432 g/mol. The molecule has 0 radical (unpaired) electrons. The Balaban J connectivity index is 2.15. The van der Waals surface area contributed by atoms with Crippen LogP contribution >= 0.6 is 11.6 Å². The van der Waals surface area contributed by atoms with E-state index < -0.39 is 10.8 Å². The van der Waals surface area contributed by atoms with Crippen molar-refractivity contribution in [3.05, 3.63) is 74.8 Å². The number of amides is 2. The van der Waals surface area contributed by atoms with Crippen LogP contribution in [0.1, 0.15) is 36.8 Å². The molecule has 0 aliphatic rings. The third-order valence-corrected chi connectivity index (χ3v) is 4.58. The first-order valence-corrected chi connectivity index (χ1v) is 9.72. The van der Waals surface area contributed by atoms with E-state index in [9.17, 15) is 19.7 Å². The zero-order valence-electron chi connectivity index (χ0n) is 16.1. The average Bonchev–Trinajstić information content (AvgIpc) is 2.75. The first-order chi connectivity index (χ1) is 14.4. The predicted molar refractivity (Wildman–Crippen MR) is 114 cm³/mol. The van der Waals surface area contributed by atoms with Crippen LogP contribution in [0.25, 0.3) is 11.6 Å². The van der Waals surface area contributed by atoms with Gasteiger partial charge in [0.1, 0.15) is 0 Å². The number of unbranched alkanes of at least 4 members (excludes halogenated alkanes) is 2. The van der Waals surface area contributed by atoms with Gasteiger partial charge in [0.2, 0.25) is 5.91 Å². The van der Waals surface area contributed by atoms with Crippen LogP contribution < -0.4 is 10.8 Å². The summed E-state index contributed by atoms with van der Waals surface area (Å²) in [7, 11) is 0. The largest absolute Gasteiger partial charge is 0.352 e. The van der Waals surface area contributed by atoms with Gasteiger partial charge >= 0.3 is 0 Å². The van der Waals surface area contributed by atoms with Gasteiger partial charge in [0, 0.05) is 29.6 Å². The van der Waals surface area contributed by atoms with Crippen molar-refractivity contribution in [2.24, 2.45) is 0 Å². The van der Waals surface area contributed by atoms with Gasteiger partial charge in [-0.1, -0.05) is 42.3 Å². The molecule has 0 aromatic heterocycles. The third kappa shape index (κ3) is 6.98. The highest BCUT2D eigenvalue weighted by atomic mass is 35.5. The summed E-state index contributed by atoms with van der Waals surface area (Å²) in [6, 6.07) is 12.8. The number of hydroxylamine groups is 1. The Kier molecular flexibility index (Phi) is 8.99. The predicted octanol–water partition coefficient (Wildman–Crippen LogP) is 3.97. The molecule has 0 bridgehead atoms. The number of carbonyl (C=O) groups is 2. The van der Waals surface area contributed by atoms with Gasteiger partial charge in [-0.2, -0.15) is 0 Å². The normalized spacial score (nSPS) is 11.1. The van der Waals surface area contributed by atoms with Crippen LogP contribution in [0.15, 0.2) is 48.5 Å². The van der Waals surface area contributed by atoms with Crippen LogP contribution in [-0.4, -0.2) is 28.5 Å². The molecule has 0 aliphatic heterocycles. The van der Waals surface area contributed by atoms with E-state index in [1.54, 1.807) is 47.9 Å². The zero-order chi connectivity index (χ0) is 21.9. The van der Waals surface area contributed by atoms with E-state index in [4.69, 9.17) is 16.8 Å². The van der Waals surface area contributed by atoms with E-state index in [1.165, 1.54) is 12.1 Å². The number of nitro benzene ring substituents is 1. The van der Waals surface area contributed by atoms with Crippen molar-refractivity contribution < 1.29 is 19.7 Å². The molecule has 0 atom stereocenters. The quantitative estimate of drug-likeness (QED) is 0.131. The molecule has 3 N–H and O–H groups in total. The fourth-order valence-corrected chi connectivity index (χ4v) is 2.91. The smallest absolute Gasteiger partial charge is 0.276 e. The lowest BCUT2D eigenvalue weighted by atomic mass is 10.0. The van der Waals surface area contributed by atoms with E-state index in [0.29, 0.717) is 42.0 Å². The summed E-state index contributed by atoms with van der Waals surface area (Å²) >= 11 is 5.93. The highest BCUT2D eigenvalue weighted by molar-refractivity contribution is 6.31. The number of hydrogen-bond acceptors (Lipinski definition) is 5. The van der Waals surface area contributed by atoms with Gasteiger partial charge in [-0.3, -0.25) is 24.9 Å². The maximum absolute atomic E-state index is 12.8. The monoisotopic (exact) mass is 431 g/mol. The highest BCUT2D eigenvalue weighted by Gasteiger charge is 2.16. The zero-order valence-corrected chi connectivity index (χ0v) is 16.9. The Bertz CT molecular complexity index is 928. The topological polar surface area (TPSA) is 122 Å². The third-order valence-electron chi connectivity index (χ3n) is 4.32. The van der Waals surface area contributed by atoms with Crippen LogP contribution in [-0.2, 0) is 9.59 Å². The van der Waals surface area contributed by atoms with Gasteiger partial charge in [-0.05, 0) is 42.7 Å². The first kappa shape index (κ1) is 23.1. The second-order valence-electron chi connectivity index (χ2n) is 6.48. The molecule has 2 aromatic carbocycles. The van der Waals surface area contributed by atoms with E-state index in [-0.39, 0.29) is 23.6 Å². The molecule has 0 heterocycles. The Labute approximate surface area is 178 Å². The van der Waals surface area contributed by atoms with Crippen LogP contribution in [0.5, 0.6) is 0 Å². The maximum atomic E-state index is 12.8. The molecular formula is C21H22ClN3O5. The lowest BCUT2D eigenvalue weighted by Gasteiger charge is -2.10. The number of carbonyl (C=O) groups excluding carboxylic acids is 2. The number of rotatable bonds is 10. The minimum absolute atomic E-state index is 0.0982. The van der Waals surface area contributed by atoms with Crippen LogP contribution in [0.3, 0.4) is 0 Å². The van der Waals surface area contributed by atoms with E-state index >= 15 is 0 Å². The van der Waals surface area contributed by atoms with Crippen LogP contribution in [0, 0.1) is 10.1 Å². The summed E-state index contributed by atoms with van der Waals surface area (Å²) < 4.78 is 0. The summed E-state index contributed by atoms with van der Waals surface area (Å²) in [6.07, 6.45) is 3.61. The fraction of sp³-hybridized carbons (Fsp3) is 0.238. The molecule has 0 spiro atoms. The number of halogens is 1. The summed E-state index contributed by atoms with van der Waals surface area (Å²) in [5.74, 6) is -0.819. The molecule has 30 heavy (non-hydrogen) atoms. The number of nitro groups is 1. The van der Waals surface area contributed by atoms with Gasteiger partial charge in [0.15, 0.2) is 0 Å². The van der Waals surface area contributed by atoms with E-state index in [2.05, 4.69) is 5.32 Å². The fourth-order valence-electron chi connectivity index (χ4n) is 2.78. The molecule has 0 saturated heterocycles. The SMILES string of the molecule is O=C(CCCCCNC(=O)/C(=C\c1ccccc1[N+](=O)[O-])c1ccc(Cl)cc1)NO. The van der Waals surface area contributed by atoms with Crippen molar-refractivity contribution in [1.82, 2.24) is 10.8 Å². The van der Waals surface area contributed by atoms with Gasteiger partial charge in [0.25, 0.3) is 11.6 Å². The Hall–Kier alpha value is -3.23. The van der Waals surface area contributed by atoms with Gasteiger partial charge in [-0.25, -0.2) is 5.48 Å². The van der Waals surface area contributed by atoms with Gasteiger partial charge < -0.3 is 5.32 Å². The lowest BCUT2D eigenvalue weighted by molar-refractivity contribution is -0.385. The van der Waals surface area contributed by atoms with Crippen molar-refractivity contribution in [1.29, 1.82) is 0 Å². The molecule has 2 aromatic rings. The number of hydrogen-bond donors (Lipinski definition) is 3. The first-order valence-electron chi connectivity index (χ1n) is 9.34. The molecular weight excluding hydrogens is 410 g/mol. The number of nitrogens with one attached hydrogen (secondary N) is 2. The second kappa shape index (κ2) is 11.7. The maximum Gasteiger partial charge on any atom is 0.276 e. The summed E-state index contributed by atoms with van der Waals surface area (Å²) in [6.45, 7) is 0.376. The van der Waals surface area contributed by atoms with Crippen molar-refractivity contribution in [3.8, 4) is 0 Å². The summed E-state index contributed by atoms with van der Waals surface area (Å²) in [4.78, 5) is 34.6. The molecule has 8 nitrogen and oxygen atoms in total. The van der Waals surface area contributed by atoms with Crippen LogP contribution in [0.4, 0.5) is 5.69 Å².